The zero-order chi connectivity index (χ0) is 53.7. The number of hydrogen-bond donors (Lipinski definition) is 17. The minimum absolute atomic E-state index is 0.0199. The monoisotopic (exact) mass is 1020 g/mol. The average molecular weight is 1020 g/mol. The highest BCUT2D eigenvalue weighted by atomic mass is 32.2. The lowest BCUT2D eigenvalue weighted by Crippen LogP contribution is -2.60. The van der Waals surface area contributed by atoms with E-state index in [1.807, 2.05) is 5.32 Å². The fourth-order valence-corrected chi connectivity index (χ4v) is 6.27. The Kier molecular flexibility index (Phi) is 29.5. The molecule has 0 aliphatic rings. The van der Waals surface area contributed by atoms with Crippen molar-refractivity contribution in [2.45, 2.75) is 126 Å². The van der Waals surface area contributed by atoms with Gasteiger partial charge in [-0.15, -0.1) is 0 Å². The second kappa shape index (κ2) is 33.1. The molecule has 7 amide bonds. The predicted molar refractivity (Wildman–Crippen MR) is 246 cm³/mol. The Labute approximate surface area is 404 Å². The summed E-state index contributed by atoms with van der Waals surface area (Å²) in [5.74, 6) is -15.7. The van der Waals surface area contributed by atoms with Crippen molar-refractivity contribution < 1.29 is 83.1 Å². The standard InChI is InChI=1S/C38H64N14O17S/c1-17(29(61)52-24(36(68)69)16-28(59)60)46-31(63)19(5-3-12-44-37(40)41)48-32(64)20(6-4-13-45-38(42)43)49-35(67)23(15-27(57)58)51-34(66)22(11-14-70-2)50-33(65)21(8-10-26(55)56)47-30(62)18(39)7-9-25(53)54/h17-24H,3-16,39H2,1-2H3,(H,46,63)(H,47,62)(H,48,64)(H,49,67)(H,50,65)(H,51,66)(H,52,61)(H,53,54)(H,55,56)(H,57,58)(H,59,60)(H,68,69)(H4,40,41,44)(H4,42,43,45)/t17-,18-,19-,20-,21-,22-,23-,24-/m0/s1. The van der Waals surface area contributed by atoms with Crippen LogP contribution in [0, 0.1) is 0 Å². The maximum Gasteiger partial charge on any atom is 0.326 e. The molecule has 0 aromatic rings. The van der Waals surface area contributed by atoms with Gasteiger partial charge in [0.2, 0.25) is 41.4 Å². The number of carboxylic acids is 5. The first-order valence-corrected chi connectivity index (χ1v) is 22.7. The molecule has 0 spiro atoms. The van der Waals surface area contributed by atoms with Crippen LogP contribution in [0.4, 0.5) is 0 Å². The summed E-state index contributed by atoms with van der Waals surface area (Å²) >= 11 is 1.21. The highest BCUT2D eigenvalue weighted by Crippen LogP contribution is 2.09. The van der Waals surface area contributed by atoms with E-state index in [1.165, 1.54) is 11.8 Å². The summed E-state index contributed by atoms with van der Waals surface area (Å²) in [7, 11) is 0. The summed E-state index contributed by atoms with van der Waals surface area (Å²) in [5.41, 5.74) is 27.3. The van der Waals surface area contributed by atoms with Crippen molar-refractivity contribution in [2.24, 2.45) is 38.7 Å². The number of nitrogens with one attached hydrogen (secondary N) is 7. The number of hydrogen-bond acceptors (Lipinski definition) is 16. The van der Waals surface area contributed by atoms with Gasteiger partial charge in [-0.25, -0.2) is 4.79 Å². The van der Waals surface area contributed by atoms with Crippen molar-refractivity contribution in [1.29, 1.82) is 0 Å². The van der Waals surface area contributed by atoms with E-state index in [9.17, 15) is 72.9 Å². The van der Waals surface area contributed by atoms with Crippen LogP contribution in [-0.4, -0.2) is 182 Å². The second-order valence-corrected chi connectivity index (χ2v) is 16.3. The first kappa shape index (κ1) is 62.5. The summed E-state index contributed by atoms with van der Waals surface area (Å²) < 4.78 is 0. The molecule has 0 radical (unpaired) electrons. The summed E-state index contributed by atoms with van der Waals surface area (Å²) in [6, 6.07) is -13.1. The van der Waals surface area contributed by atoms with Crippen LogP contribution in [0.15, 0.2) is 9.98 Å². The van der Waals surface area contributed by atoms with Crippen LogP contribution in [0.25, 0.3) is 0 Å². The van der Waals surface area contributed by atoms with Crippen molar-refractivity contribution >= 4 is 94.9 Å². The summed E-state index contributed by atoms with van der Waals surface area (Å²) in [4.78, 5) is 159. The molecule has 0 saturated carbocycles. The smallest absolute Gasteiger partial charge is 0.326 e. The number of aliphatic imine (C=N–C) groups is 2. The van der Waals surface area contributed by atoms with E-state index in [0.717, 1.165) is 6.92 Å². The number of amides is 7. The normalized spacial score (nSPS) is 14.1. The molecular weight excluding hydrogens is 957 g/mol. The van der Waals surface area contributed by atoms with Gasteiger partial charge in [-0.3, -0.25) is 62.7 Å². The van der Waals surface area contributed by atoms with Crippen molar-refractivity contribution in [3.63, 3.8) is 0 Å². The zero-order valence-corrected chi connectivity index (χ0v) is 39.2. The number of carboxylic acid groups (broad SMARTS) is 5. The molecule has 0 aliphatic carbocycles. The molecule has 0 aliphatic heterocycles. The van der Waals surface area contributed by atoms with Crippen LogP contribution in [0.1, 0.15) is 77.6 Å². The minimum atomic E-state index is -1.96. The Hall–Kier alpha value is -7.51. The third-order valence-corrected chi connectivity index (χ3v) is 10.1. The molecule has 394 valence electrons. The third kappa shape index (κ3) is 27.3. The van der Waals surface area contributed by atoms with Gasteiger partial charge in [0.25, 0.3) is 0 Å². The molecule has 70 heavy (non-hydrogen) atoms. The Morgan fingerprint density at radius 3 is 1.23 bits per heavy atom. The number of nitrogens with zero attached hydrogens (tertiary/aromatic N) is 2. The number of carbonyl (C=O) groups excluding carboxylic acids is 7. The van der Waals surface area contributed by atoms with E-state index in [1.54, 1.807) is 6.26 Å². The van der Waals surface area contributed by atoms with Gasteiger partial charge >= 0.3 is 29.8 Å². The van der Waals surface area contributed by atoms with Gasteiger partial charge in [0.1, 0.15) is 42.3 Å². The SMILES string of the molecule is CSCC[C@H](NC(=O)[C@H](CCC(=O)O)NC(=O)[C@@H](N)CCC(=O)O)C(=O)N[C@@H](CC(=O)O)C(=O)N[C@@H](CCCN=C(N)N)C(=O)N[C@@H](CCCN=C(N)N)C(=O)N[C@@H](C)C(=O)N[C@@H](CC(=O)O)C(=O)O. The fraction of sp³-hybridized carbons (Fsp3) is 0.632. The largest absolute Gasteiger partial charge is 0.481 e. The molecule has 0 heterocycles. The Morgan fingerprint density at radius 1 is 0.457 bits per heavy atom. The minimum Gasteiger partial charge on any atom is -0.481 e. The van der Waals surface area contributed by atoms with Gasteiger partial charge < -0.3 is 91.4 Å². The predicted octanol–water partition coefficient (Wildman–Crippen LogP) is -6.65. The van der Waals surface area contributed by atoms with E-state index in [0.29, 0.717) is 0 Å². The molecule has 22 N–H and O–H groups in total. The summed E-state index contributed by atoms with van der Waals surface area (Å²) in [6.07, 6.45) is -3.17. The average Bonchev–Trinajstić information content (AvgIpc) is 3.25. The second-order valence-electron chi connectivity index (χ2n) is 15.3. The lowest BCUT2D eigenvalue weighted by molar-refractivity contribution is -0.147. The molecule has 32 heteroatoms. The lowest BCUT2D eigenvalue weighted by atomic mass is 10.1. The van der Waals surface area contributed by atoms with Crippen molar-refractivity contribution in [3.8, 4) is 0 Å². The van der Waals surface area contributed by atoms with Crippen molar-refractivity contribution in [3.05, 3.63) is 0 Å². The van der Waals surface area contributed by atoms with Crippen LogP contribution in [-0.2, 0) is 57.5 Å². The van der Waals surface area contributed by atoms with E-state index >= 15 is 0 Å². The molecule has 0 aromatic heterocycles. The molecule has 8 atom stereocenters. The molecule has 0 saturated heterocycles. The number of carbonyl (C=O) groups is 12. The summed E-state index contributed by atoms with van der Waals surface area (Å²) in [5, 5.41) is 62.1. The highest BCUT2D eigenvalue weighted by Gasteiger charge is 2.35. The molecule has 0 fully saturated rings. The van der Waals surface area contributed by atoms with Crippen LogP contribution in [0.3, 0.4) is 0 Å². The fourth-order valence-electron chi connectivity index (χ4n) is 5.80. The van der Waals surface area contributed by atoms with Crippen molar-refractivity contribution in [1.82, 2.24) is 37.2 Å². The van der Waals surface area contributed by atoms with Gasteiger partial charge in [0.05, 0.1) is 18.9 Å². The lowest BCUT2D eigenvalue weighted by Gasteiger charge is -2.27. The number of rotatable bonds is 36. The molecule has 0 unspecified atom stereocenters. The van der Waals surface area contributed by atoms with E-state index < -0.39 is 152 Å². The van der Waals surface area contributed by atoms with Gasteiger partial charge in [0.15, 0.2) is 11.9 Å². The van der Waals surface area contributed by atoms with Gasteiger partial charge in [-0.1, -0.05) is 0 Å². The van der Waals surface area contributed by atoms with Gasteiger partial charge in [-0.05, 0) is 63.9 Å². The third-order valence-electron chi connectivity index (χ3n) is 9.44. The van der Waals surface area contributed by atoms with Gasteiger partial charge in [0, 0.05) is 25.9 Å². The van der Waals surface area contributed by atoms with Gasteiger partial charge in [-0.2, -0.15) is 11.8 Å². The highest BCUT2D eigenvalue weighted by molar-refractivity contribution is 7.98. The maximum absolute atomic E-state index is 14.0. The molecule has 0 aromatic carbocycles. The first-order valence-electron chi connectivity index (χ1n) is 21.3. The quantitative estimate of drug-likeness (QED) is 0.0158. The maximum atomic E-state index is 14.0. The Balaban J connectivity index is 6.74. The van der Waals surface area contributed by atoms with Crippen LogP contribution >= 0.6 is 11.8 Å². The van der Waals surface area contributed by atoms with Crippen LogP contribution in [0.2, 0.25) is 0 Å². The first-order chi connectivity index (χ1) is 32.7. The zero-order valence-electron chi connectivity index (χ0n) is 38.3. The molecule has 0 rings (SSSR count). The van der Waals surface area contributed by atoms with Crippen LogP contribution < -0.4 is 65.9 Å². The van der Waals surface area contributed by atoms with Crippen LogP contribution in [0.5, 0.6) is 0 Å². The van der Waals surface area contributed by atoms with E-state index in [2.05, 4.69) is 41.9 Å². The Morgan fingerprint density at radius 2 is 0.814 bits per heavy atom. The molecule has 31 nitrogen and oxygen atoms in total. The number of thioether (sulfide) groups is 1. The van der Waals surface area contributed by atoms with E-state index in [-0.39, 0.29) is 69.3 Å². The Bertz CT molecular complexity index is 1930. The molecule has 0 bridgehead atoms. The summed E-state index contributed by atoms with van der Waals surface area (Å²) in [6.45, 7) is 0.955. The number of aliphatic carboxylic acids is 5. The number of nitrogens with two attached hydrogens (primary N) is 5. The van der Waals surface area contributed by atoms with Crippen molar-refractivity contribution in [2.75, 3.05) is 25.1 Å². The van der Waals surface area contributed by atoms with E-state index in [4.69, 9.17) is 38.9 Å². The number of guanidine groups is 2. The molecular formula is C38H64N14O17S. The topological polar surface area (TPSA) is 545 Å².